The largest absolute Gasteiger partial charge is 0.444 e. The maximum absolute atomic E-state index is 12.1. The predicted molar refractivity (Wildman–Crippen MR) is 81.1 cm³/mol. The molecule has 1 aromatic heterocycles. The molecule has 1 saturated heterocycles. The molecule has 0 N–H and O–H groups in total. The van der Waals surface area contributed by atoms with Crippen molar-refractivity contribution in [3.05, 3.63) is 18.5 Å². The number of nitrogens with zero attached hydrogens (tertiary/aromatic N) is 4. The second kappa shape index (κ2) is 6.47. The lowest BCUT2D eigenvalue weighted by Crippen LogP contribution is -2.55. The van der Waals surface area contributed by atoms with Gasteiger partial charge >= 0.3 is 6.09 Å². The summed E-state index contributed by atoms with van der Waals surface area (Å²) in [6.07, 6.45) is 3.56. The Morgan fingerprint density at radius 3 is 2.67 bits per heavy atom. The summed E-state index contributed by atoms with van der Waals surface area (Å²) in [6.45, 7) is 12.1. The highest BCUT2D eigenvalue weighted by atomic mass is 16.6. The molecule has 0 spiro atoms. The van der Waals surface area contributed by atoms with Crippen molar-refractivity contribution in [2.75, 3.05) is 26.2 Å². The molecule has 1 amide bonds. The number of rotatable bonds is 3. The molecule has 0 aliphatic carbocycles. The normalized spacial score (nSPS) is 20.6. The van der Waals surface area contributed by atoms with Crippen molar-refractivity contribution >= 4 is 6.09 Å². The van der Waals surface area contributed by atoms with Gasteiger partial charge in [0.15, 0.2) is 0 Å². The standard InChI is InChI=1S/C15H26N4O2/c1-13-12-17(8-10-18-7-5-6-16-18)9-11-19(13)14(20)21-15(2,3)4/h5-7,13H,8-12H2,1-4H3/t13-/m1/s1. The van der Waals surface area contributed by atoms with Gasteiger partial charge in [0, 0.05) is 44.6 Å². The third-order valence-corrected chi connectivity index (χ3v) is 3.54. The smallest absolute Gasteiger partial charge is 0.410 e. The van der Waals surface area contributed by atoms with E-state index in [4.69, 9.17) is 4.74 Å². The molecule has 6 nitrogen and oxygen atoms in total. The molecular formula is C15H26N4O2. The number of aromatic nitrogens is 2. The minimum absolute atomic E-state index is 0.172. The first-order valence-corrected chi connectivity index (χ1v) is 7.54. The number of carbonyl (C=O) groups is 1. The fourth-order valence-electron chi connectivity index (χ4n) is 2.50. The Morgan fingerprint density at radius 1 is 1.33 bits per heavy atom. The van der Waals surface area contributed by atoms with E-state index in [1.807, 2.05) is 42.6 Å². The van der Waals surface area contributed by atoms with Crippen molar-refractivity contribution in [1.82, 2.24) is 19.6 Å². The fraction of sp³-hybridized carbons (Fsp3) is 0.733. The summed E-state index contributed by atoms with van der Waals surface area (Å²) in [4.78, 5) is 16.3. The van der Waals surface area contributed by atoms with Crippen LogP contribution in [0.3, 0.4) is 0 Å². The van der Waals surface area contributed by atoms with Gasteiger partial charge in [0.1, 0.15) is 5.60 Å². The van der Waals surface area contributed by atoms with Gasteiger partial charge in [0.2, 0.25) is 0 Å². The van der Waals surface area contributed by atoms with Gasteiger partial charge in [-0.1, -0.05) is 0 Å². The van der Waals surface area contributed by atoms with Gasteiger partial charge in [-0.25, -0.2) is 4.79 Å². The minimum atomic E-state index is -0.436. The average Bonchev–Trinajstić information content (AvgIpc) is 2.87. The summed E-state index contributed by atoms with van der Waals surface area (Å²) in [5, 5.41) is 4.21. The fourth-order valence-corrected chi connectivity index (χ4v) is 2.50. The summed E-state index contributed by atoms with van der Waals surface area (Å²) in [6, 6.07) is 2.11. The van der Waals surface area contributed by atoms with Crippen LogP contribution in [0.1, 0.15) is 27.7 Å². The summed E-state index contributed by atoms with van der Waals surface area (Å²) < 4.78 is 7.39. The monoisotopic (exact) mass is 294 g/mol. The first-order chi connectivity index (χ1) is 9.85. The number of hydrogen-bond donors (Lipinski definition) is 0. The van der Waals surface area contributed by atoms with Gasteiger partial charge in [-0.05, 0) is 33.8 Å². The topological polar surface area (TPSA) is 50.6 Å². The summed E-state index contributed by atoms with van der Waals surface area (Å²) in [5.41, 5.74) is -0.436. The molecule has 1 aliphatic rings. The number of piperazine rings is 1. The van der Waals surface area contributed by atoms with E-state index in [0.29, 0.717) is 0 Å². The highest BCUT2D eigenvalue weighted by molar-refractivity contribution is 5.68. The minimum Gasteiger partial charge on any atom is -0.444 e. The lowest BCUT2D eigenvalue weighted by molar-refractivity contribution is 0.00107. The first-order valence-electron chi connectivity index (χ1n) is 7.54. The molecule has 0 unspecified atom stereocenters. The maximum Gasteiger partial charge on any atom is 0.410 e. The van der Waals surface area contributed by atoms with E-state index in [2.05, 4.69) is 16.9 Å². The van der Waals surface area contributed by atoms with Crippen LogP contribution in [-0.4, -0.2) is 63.5 Å². The molecule has 1 atom stereocenters. The molecule has 118 valence electrons. The Morgan fingerprint density at radius 2 is 2.10 bits per heavy atom. The lowest BCUT2D eigenvalue weighted by Gasteiger charge is -2.40. The zero-order valence-corrected chi connectivity index (χ0v) is 13.5. The van der Waals surface area contributed by atoms with Crippen LogP contribution in [0, 0.1) is 0 Å². The molecule has 1 aromatic rings. The molecule has 0 bridgehead atoms. The highest BCUT2D eigenvalue weighted by Crippen LogP contribution is 2.15. The van der Waals surface area contributed by atoms with Crippen molar-refractivity contribution in [1.29, 1.82) is 0 Å². The van der Waals surface area contributed by atoms with E-state index in [1.54, 1.807) is 6.20 Å². The van der Waals surface area contributed by atoms with Crippen LogP contribution in [0.25, 0.3) is 0 Å². The van der Waals surface area contributed by atoms with Gasteiger partial charge in [-0.2, -0.15) is 5.10 Å². The van der Waals surface area contributed by atoms with E-state index in [1.165, 1.54) is 0 Å². The zero-order chi connectivity index (χ0) is 15.5. The molecule has 0 radical (unpaired) electrons. The molecule has 0 saturated carbocycles. The van der Waals surface area contributed by atoms with Gasteiger partial charge in [0.05, 0.1) is 6.54 Å². The van der Waals surface area contributed by atoms with Crippen molar-refractivity contribution in [3.8, 4) is 0 Å². The Bertz CT molecular complexity index is 453. The molecule has 6 heteroatoms. The van der Waals surface area contributed by atoms with Crippen LogP contribution >= 0.6 is 0 Å². The van der Waals surface area contributed by atoms with Crippen molar-refractivity contribution < 1.29 is 9.53 Å². The van der Waals surface area contributed by atoms with Gasteiger partial charge in [-0.3, -0.25) is 9.58 Å². The van der Waals surface area contributed by atoms with Crippen molar-refractivity contribution in [3.63, 3.8) is 0 Å². The Balaban J connectivity index is 1.80. The maximum atomic E-state index is 12.1. The van der Waals surface area contributed by atoms with E-state index in [9.17, 15) is 4.79 Å². The van der Waals surface area contributed by atoms with Crippen LogP contribution in [0.5, 0.6) is 0 Å². The second-order valence-electron chi connectivity index (χ2n) is 6.59. The molecule has 21 heavy (non-hydrogen) atoms. The molecule has 0 aromatic carbocycles. The molecule has 2 rings (SSSR count). The zero-order valence-electron chi connectivity index (χ0n) is 13.5. The number of carbonyl (C=O) groups excluding carboxylic acids is 1. The molecule has 1 fully saturated rings. The van der Waals surface area contributed by atoms with Crippen LogP contribution in [0.2, 0.25) is 0 Å². The van der Waals surface area contributed by atoms with Crippen LogP contribution in [0.15, 0.2) is 18.5 Å². The van der Waals surface area contributed by atoms with Crippen molar-refractivity contribution in [2.24, 2.45) is 0 Å². The van der Waals surface area contributed by atoms with Crippen LogP contribution in [-0.2, 0) is 11.3 Å². The van der Waals surface area contributed by atoms with E-state index in [-0.39, 0.29) is 12.1 Å². The van der Waals surface area contributed by atoms with Crippen LogP contribution < -0.4 is 0 Å². The number of ether oxygens (including phenoxy) is 1. The number of amides is 1. The summed E-state index contributed by atoms with van der Waals surface area (Å²) >= 11 is 0. The van der Waals surface area contributed by atoms with Crippen molar-refractivity contribution in [2.45, 2.75) is 45.9 Å². The lowest BCUT2D eigenvalue weighted by atomic mass is 10.2. The number of hydrogen-bond acceptors (Lipinski definition) is 4. The van der Waals surface area contributed by atoms with Crippen LogP contribution in [0.4, 0.5) is 4.79 Å². The molecule has 2 heterocycles. The Hall–Kier alpha value is -1.56. The second-order valence-corrected chi connectivity index (χ2v) is 6.59. The van der Waals surface area contributed by atoms with E-state index >= 15 is 0 Å². The Labute approximate surface area is 126 Å². The van der Waals surface area contributed by atoms with Gasteiger partial charge in [0.25, 0.3) is 0 Å². The molecular weight excluding hydrogens is 268 g/mol. The summed E-state index contributed by atoms with van der Waals surface area (Å²) in [5.74, 6) is 0. The highest BCUT2D eigenvalue weighted by Gasteiger charge is 2.30. The quantitative estimate of drug-likeness (QED) is 0.853. The Kier molecular flexibility index (Phi) is 4.88. The summed E-state index contributed by atoms with van der Waals surface area (Å²) in [7, 11) is 0. The SMILES string of the molecule is C[C@@H]1CN(CCn2cccn2)CCN1C(=O)OC(C)(C)C. The van der Waals surface area contributed by atoms with Gasteiger partial charge < -0.3 is 9.64 Å². The van der Waals surface area contributed by atoms with E-state index in [0.717, 1.165) is 32.7 Å². The van der Waals surface area contributed by atoms with Gasteiger partial charge in [-0.15, -0.1) is 0 Å². The third-order valence-electron chi connectivity index (χ3n) is 3.54. The third kappa shape index (κ3) is 4.74. The van der Waals surface area contributed by atoms with E-state index < -0.39 is 5.60 Å². The predicted octanol–water partition coefficient (Wildman–Crippen LogP) is 1.82. The average molecular weight is 294 g/mol. The molecule has 1 aliphatic heterocycles. The first kappa shape index (κ1) is 15.8.